The fourth-order valence-corrected chi connectivity index (χ4v) is 2.19. The maximum atomic E-state index is 13.5. The first-order valence-electron chi connectivity index (χ1n) is 6.26. The van der Waals surface area contributed by atoms with Gasteiger partial charge in [0.25, 0.3) is 0 Å². The number of nitrogens with zero attached hydrogens (tertiary/aromatic N) is 2. The fraction of sp³-hybridized carbons (Fsp3) is 0.357. The maximum Gasteiger partial charge on any atom is 0.129 e. The van der Waals surface area contributed by atoms with Gasteiger partial charge in [-0.3, -0.25) is 0 Å². The number of halogens is 2. The molecule has 1 N–H and O–H groups in total. The van der Waals surface area contributed by atoms with Gasteiger partial charge >= 0.3 is 0 Å². The number of nitrogens with one attached hydrogen (secondary N) is 1. The summed E-state index contributed by atoms with van der Waals surface area (Å²) in [5.41, 5.74) is 0.527. The Balaban J connectivity index is 1.80. The minimum absolute atomic E-state index is 0.262. The highest BCUT2D eigenvalue weighted by Gasteiger charge is 2.07. The summed E-state index contributed by atoms with van der Waals surface area (Å²) in [6.07, 6.45) is 5.49. The van der Waals surface area contributed by atoms with Crippen molar-refractivity contribution in [1.82, 2.24) is 14.9 Å². The number of hydrogen-bond acceptors (Lipinski definition) is 2. The van der Waals surface area contributed by atoms with Crippen LogP contribution in [0.4, 0.5) is 4.39 Å². The number of hydrogen-bond donors (Lipinski definition) is 1. The summed E-state index contributed by atoms with van der Waals surface area (Å²) >= 11 is 5.97. The van der Waals surface area contributed by atoms with E-state index in [-0.39, 0.29) is 5.82 Å². The zero-order valence-electron chi connectivity index (χ0n) is 10.8. The van der Waals surface area contributed by atoms with E-state index in [0.29, 0.717) is 23.0 Å². The number of benzene rings is 1. The molecule has 1 heterocycles. The van der Waals surface area contributed by atoms with E-state index in [1.54, 1.807) is 24.7 Å². The average Bonchev–Trinajstić information content (AvgIpc) is 2.85. The minimum Gasteiger partial charge on any atom is -0.337 e. The first-order valence-corrected chi connectivity index (χ1v) is 6.64. The van der Waals surface area contributed by atoms with Crippen LogP contribution < -0.4 is 5.32 Å². The topological polar surface area (TPSA) is 29.9 Å². The second-order valence-corrected chi connectivity index (χ2v) is 5.10. The molecule has 0 spiro atoms. The van der Waals surface area contributed by atoms with E-state index in [4.69, 9.17) is 11.6 Å². The van der Waals surface area contributed by atoms with Gasteiger partial charge in [-0.15, -0.1) is 0 Å². The Morgan fingerprint density at radius 2 is 2.32 bits per heavy atom. The lowest BCUT2D eigenvalue weighted by atomic mass is 10.1. The molecule has 0 fully saturated rings. The fourth-order valence-electron chi connectivity index (χ4n) is 1.96. The molecule has 19 heavy (non-hydrogen) atoms. The van der Waals surface area contributed by atoms with Crippen molar-refractivity contribution in [2.45, 2.75) is 20.0 Å². The lowest BCUT2D eigenvalue weighted by Crippen LogP contribution is -2.24. The van der Waals surface area contributed by atoms with Gasteiger partial charge in [0.1, 0.15) is 5.82 Å². The van der Waals surface area contributed by atoms with Crippen molar-refractivity contribution in [1.29, 1.82) is 0 Å². The second-order valence-electron chi connectivity index (χ2n) is 4.70. The molecule has 102 valence electrons. The second kappa shape index (κ2) is 6.68. The highest BCUT2D eigenvalue weighted by molar-refractivity contribution is 6.31. The monoisotopic (exact) mass is 281 g/mol. The van der Waals surface area contributed by atoms with E-state index in [2.05, 4.69) is 17.2 Å². The molecule has 0 aliphatic carbocycles. The highest BCUT2D eigenvalue weighted by Crippen LogP contribution is 2.18. The Morgan fingerprint density at radius 1 is 1.47 bits per heavy atom. The summed E-state index contributed by atoms with van der Waals surface area (Å²) in [6.45, 7) is 4.26. The van der Waals surface area contributed by atoms with E-state index < -0.39 is 0 Å². The number of imidazole rings is 1. The molecule has 0 bridgehead atoms. The van der Waals surface area contributed by atoms with Gasteiger partial charge in [-0.1, -0.05) is 24.6 Å². The predicted octanol–water partition coefficient (Wildman–Crippen LogP) is 3.10. The van der Waals surface area contributed by atoms with Gasteiger partial charge in [-0.05, 0) is 24.6 Å². The van der Waals surface area contributed by atoms with Crippen molar-refractivity contribution >= 4 is 11.6 Å². The zero-order valence-corrected chi connectivity index (χ0v) is 11.6. The van der Waals surface area contributed by atoms with Gasteiger partial charge in [0, 0.05) is 36.1 Å². The lowest BCUT2D eigenvalue weighted by molar-refractivity contribution is 0.442. The summed E-state index contributed by atoms with van der Waals surface area (Å²) in [5, 5.41) is 3.70. The van der Waals surface area contributed by atoms with Crippen LogP contribution >= 0.6 is 11.6 Å². The largest absolute Gasteiger partial charge is 0.337 e. The Hall–Kier alpha value is -1.39. The molecule has 1 aromatic heterocycles. The molecule has 0 saturated carbocycles. The molecule has 0 radical (unpaired) electrons. The molecule has 2 aromatic rings. The molecule has 0 saturated heterocycles. The van der Waals surface area contributed by atoms with E-state index in [1.165, 1.54) is 6.07 Å². The Bertz CT molecular complexity index is 493. The summed E-state index contributed by atoms with van der Waals surface area (Å²) < 4.78 is 15.6. The van der Waals surface area contributed by atoms with Crippen LogP contribution in [0.5, 0.6) is 0 Å². The Kier molecular flexibility index (Phi) is 4.93. The van der Waals surface area contributed by atoms with E-state index in [1.807, 2.05) is 10.8 Å². The smallest absolute Gasteiger partial charge is 0.129 e. The van der Waals surface area contributed by atoms with Gasteiger partial charge in [0.2, 0.25) is 0 Å². The molecule has 3 nitrogen and oxygen atoms in total. The molecule has 0 amide bonds. The van der Waals surface area contributed by atoms with Crippen LogP contribution in [0.15, 0.2) is 36.9 Å². The van der Waals surface area contributed by atoms with Gasteiger partial charge in [0.15, 0.2) is 0 Å². The third kappa shape index (κ3) is 4.04. The first-order chi connectivity index (χ1) is 9.16. The average molecular weight is 282 g/mol. The summed E-state index contributed by atoms with van der Waals surface area (Å²) in [5.74, 6) is 0.169. The SMILES string of the molecule is CC(CNCc1c(F)cccc1Cl)Cn1ccnc1. The van der Waals surface area contributed by atoms with Crippen molar-refractivity contribution in [3.05, 3.63) is 53.3 Å². The van der Waals surface area contributed by atoms with Gasteiger partial charge in [0.05, 0.1) is 6.33 Å². The maximum absolute atomic E-state index is 13.5. The zero-order chi connectivity index (χ0) is 13.7. The van der Waals surface area contributed by atoms with Crippen molar-refractivity contribution in [2.24, 2.45) is 5.92 Å². The third-order valence-electron chi connectivity index (χ3n) is 2.94. The van der Waals surface area contributed by atoms with E-state index in [0.717, 1.165) is 13.1 Å². The molecule has 0 aliphatic rings. The van der Waals surface area contributed by atoms with Crippen LogP contribution in [-0.4, -0.2) is 16.1 Å². The van der Waals surface area contributed by atoms with Gasteiger partial charge in [-0.2, -0.15) is 0 Å². The van der Waals surface area contributed by atoms with E-state index in [9.17, 15) is 4.39 Å². The number of rotatable bonds is 6. The minimum atomic E-state index is -0.262. The standard InChI is InChI=1S/C14H17ClFN3/c1-11(9-19-6-5-17-10-19)7-18-8-12-13(15)3-2-4-14(12)16/h2-6,10-11,18H,7-9H2,1H3. The summed E-state index contributed by atoms with van der Waals surface area (Å²) in [4.78, 5) is 4.00. The predicted molar refractivity (Wildman–Crippen MR) is 74.5 cm³/mol. The quantitative estimate of drug-likeness (QED) is 0.882. The normalized spacial score (nSPS) is 12.6. The first kappa shape index (κ1) is 14.0. The molecular weight excluding hydrogens is 265 g/mol. The van der Waals surface area contributed by atoms with Crippen LogP contribution in [0.1, 0.15) is 12.5 Å². The molecule has 5 heteroatoms. The highest BCUT2D eigenvalue weighted by atomic mass is 35.5. The van der Waals surface area contributed by atoms with Crippen molar-refractivity contribution in [3.8, 4) is 0 Å². The molecule has 1 aromatic carbocycles. The van der Waals surface area contributed by atoms with Crippen molar-refractivity contribution < 1.29 is 4.39 Å². The number of aromatic nitrogens is 2. The van der Waals surface area contributed by atoms with Gasteiger partial charge < -0.3 is 9.88 Å². The van der Waals surface area contributed by atoms with Crippen molar-refractivity contribution in [2.75, 3.05) is 6.54 Å². The van der Waals surface area contributed by atoms with Crippen LogP contribution in [0.2, 0.25) is 5.02 Å². The molecule has 0 aliphatic heterocycles. The van der Waals surface area contributed by atoms with Crippen LogP contribution in [0.3, 0.4) is 0 Å². The van der Waals surface area contributed by atoms with Crippen LogP contribution in [0.25, 0.3) is 0 Å². The molecule has 1 unspecified atom stereocenters. The molecular formula is C14H17ClFN3. The lowest BCUT2D eigenvalue weighted by Gasteiger charge is -2.14. The molecule has 1 atom stereocenters. The summed E-state index contributed by atoms with van der Waals surface area (Å²) in [7, 11) is 0. The van der Waals surface area contributed by atoms with Crippen LogP contribution in [-0.2, 0) is 13.1 Å². The summed E-state index contributed by atoms with van der Waals surface area (Å²) in [6, 6.07) is 4.75. The third-order valence-corrected chi connectivity index (χ3v) is 3.29. The Labute approximate surface area is 117 Å². The van der Waals surface area contributed by atoms with E-state index >= 15 is 0 Å². The van der Waals surface area contributed by atoms with Crippen LogP contribution in [0, 0.1) is 11.7 Å². The van der Waals surface area contributed by atoms with Gasteiger partial charge in [-0.25, -0.2) is 9.37 Å². The Morgan fingerprint density at radius 3 is 3.00 bits per heavy atom. The molecule has 2 rings (SSSR count). The van der Waals surface area contributed by atoms with Crippen molar-refractivity contribution in [3.63, 3.8) is 0 Å².